The minimum atomic E-state index is -0.253. The van der Waals surface area contributed by atoms with E-state index >= 15 is 0 Å². The van der Waals surface area contributed by atoms with Gasteiger partial charge in [-0.15, -0.1) is 11.3 Å². The molecule has 7 nitrogen and oxygen atoms in total. The van der Waals surface area contributed by atoms with E-state index < -0.39 is 0 Å². The Balaban J connectivity index is 1.40. The van der Waals surface area contributed by atoms with Crippen LogP contribution < -0.4 is 10.9 Å². The number of nitriles is 1. The molecule has 1 aromatic carbocycles. The zero-order chi connectivity index (χ0) is 22.5. The number of fused-ring (bicyclic) bond motifs is 4. The Morgan fingerprint density at radius 3 is 2.91 bits per heavy atom. The topological polar surface area (TPSA) is 86.8 Å². The van der Waals surface area contributed by atoms with Crippen LogP contribution in [0.1, 0.15) is 47.7 Å². The maximum absolute atomic E-state index is 13.0. The second kappa shape index (κ2) is 7.94. The Labute approximate surface area is 195 Å². The molecule has 1 saturated carbocycles. The van der Waals surface area contributed by atoms with Crippen LogP contribution in [0.2, 0.25) is 0 Å². The third-order valence-electron chi connectivity index (χ3n) is 6.86. The summed E-state index contributed by atoms with van der Waals surface area (Å²) in [7, 11) is 2.17. The normalized spacial score (nSPS) is 16.8. The molecule has 6 rings (SSSR count). The molecule has 0 unspecified atom stereocenters. The molecule has 4 heterocycles. The highest BCUT2D eigenvalue weighted by Gasteiger charge is 2.23. The number of anilines is 2. The molecular weight excluding hydrogens is 432 g/mol. The number of nitrogens with one attached hydrogen (secondary N) is 1. The predicted molar refractivity (Wildman–Crippen MR) is 131 cm³/mol. The monoisotopic (exact) mass is 456 g/mol. The zero-order valence-electron chi connectivity index (χ0n) is 18.5. The molecule has 1 aliphatic heterocycles. The first-order chi connectivity index (χ1) is 16.1. The fourth-order valence-corrected chi connectivity index (χ4v) is 6.43. The number of aromatic nitrogens is 3. The maximum atomic E-state index is 13.0. The summed E-state index contributed by atoms with van der Waals surface area (Å²) >= 11 is 1.87. The Hall–Kier alpha value is -3.28. The highest BCUT2D eigenvalue weighted by Crippen LogP contribution is 2.37. The molecule has 0 radical (unpaired) electrons. The molecule has 0 atom stereocenters. The van der Waals surface area contributed by atoms with Crippen molar-refractivity contribution in [2.75, 3.05) is 18.9 Å². The van der Waals surface area contributed by atoms with Crippen LogP contribution in [0.4, 0.5) is 11.6 Å². The summed E-state index contributed by atoms with van der Waals surface area (Å²) in [5, 5.41) is 14.8. The second-order valence-corrected chi connectivity index (χ2v) is 10.2. The summed E-state index contributed by atoms with van der Waals surface area (Å²) in [6, 6.07) is 10.1. The first kappa shape index (κ1) is 20.3. The summed E-state index contributed by atoms with van der Waals surface area (Å²) in [6.45, 7) is 2.10. The lowest BCUT2D eigenvalue weighted by Crippen LogP contribution is -2.26. The number of hydrogen-bond acceptors (Lipinski definition) is 7. The summed E-state index contributed by atoms with van der Waals surface area (Å²) < 4.78 is 2.99. The smallest absolute Gasteiger partial charge is 0.270 e. The van der Waals surface area contributed by atoms with Crippen molar-refractivity contribution >= 4 is 44.1 Å². The van der Waals surface area contributed by atoms with Crippen LogP contribution in [0, 0.1) is 11.3 Å². The van der Waals surface area contributed by atoms with Crippen molar-refractivity contribution in [3.8, 4) is 6.07 Å². The van der Waals surface area contributed by atoms with Gasteiger partial charge in [-0.1, -0.05) is 18.9 Å². The van der Waals surface area contributed by atoms with Gasteiger partial charge in [-0.2, -0.15) is 10.2 Å². The number of thiophene rings is 1. The number of likely N-dealkylation sites (N-methyl/N-ethyl adjacent to an activating group) is 1. The molecule has 0 amide bonds. The van der Waals surface area contributed by atoms with Crippen molar-refractivity contribution < 1.29 is 0 Å². The van der Waals surface area contributed by atoms with Crippen molar-refractivity contribution in [3.05, 3.63) is 56.8 Å². The van der Waals surface area contributed by atoms with Crippen molar-refractivity contribution in [1.29, 1.82) is 5.26 Å². The van der Waals surface area contributed by atoms with Gasteiger partial charge < -0.3 is 10.2 Å². The van der Waals surface area contributed by atoms with Crippen LogP contribution >= 0.6 is 11.3 Å². The van der Waals surface area contributed by atoms with Gasteiger partial charge in [-0.25, -0.2) is 4.98 Å². The maximum Gasteiger partial charge on any atom is 0.270 e. The minimum absolute atomic E-state index is 0.0861. The summed E-state index contributed by atoms with van der Waals surface area (Å²) in [4.78, 5) is 26.1. The summed E-state index contributed by atoms with van der Waals surface area (Å²) in [6.07, 6.45) is 6.86. The molecule has 0 spiro atoms. The molecule has 8 heteroatoms. The average molecular weight is 457 g/mol. The van der Waals surface area contributed by atoms with E-state index in [0.717, 1.165) is 50.9 Å². The number of nitrogens with zero attached hydrogens (tertiary/aromatic N) is 5. The fraction of sp³-hybridized carbons (Fsp3) is 0.360. The van der Waals surface area contributed by atoms with Crippen LogP contribution in [-0.4, -0.2) is 33.0 Å². The predicted octanol–water partition coefficient (Wildman–Crippen LogP) is 4.72. The quantitative estimate of drug-likeness (QED) is 0.480. The Kier molecular flexibility index (Phi) is 4.89. The van der Waals surface area contributed by atoms with Crippen LogP contribution in [0.15, 0.2) is 35.3 Å². The van der Waals surface area contributed by atoms with Crippen molar-refractivity contribution in [2.24, 2.45) is 0 Å². The number of hydrogen-bond donors (Lipinski definition) is 1. The van der Waals surface area contributed by atoms with Gasteiger partial charge in [0.05, 0.1) is 0 Å². The Bertz CT molecular complexity index is 1490. The molecule has 166 valence electrons. The van der Waals surface area contributed by atoms with Gasteiger partial charge in [-0.05, 0) is 55.5 Å². The molecule has 1 aliphatic carbocycles. The minimum Gasteiger partial charge on any atom is -0.324 e. The molecule has 1 fully saturated rings. The number of rotatable bonds is 3. The van der Waals surface area contributed by atoms with E-state index in [0.29, 0.717) is 17.0 Å². The van der Waals surface area contributed by atoms with Gasteiger partial charge in [0.1, 0.15) is 17.3 Å². The van der Waals surface area contributed by atoms with Gasteiger partial charge >= 0.3 is 0 Å². The first-order valence-corrected chi connectivity index (χ1v) is 12.2. The van der Waals surface area contributed by atoms with E-state index in [2.05, 4.69) is 40.4 Å². The summed E-state index contributed by atoms with van der Waals surface area (Å²) in [5.74, 6) is 0.457. The zero-order valence-corrected chi connectivity index (χ0v) is 19.3. The first-order valence-electron chi connectivity index (χ1n) is 11.4. The van der Waals surface area contributed by atoms with Gasteiger partial charge in [0.2, 0.25) is 5.95 Å². The van der Waals surface area contributed by atoms with Crippen molar-refractivity contribution in [3.63, 3.8) is 0 Å². The molecule has 0 saturated heterocycles. The van der Waals surface area contributed by atoms with Crippen LogP contribution in [0.3, 0.4) is 0 Å². The lowest BCUT2D eigenvalue weighted by Gasteiger charge is -2.22. The molecule has 1 N–H and O–H groups in total. The molecule has 0 bridgehead atoms. The highest BCUT2D eigenvalue weighted by molar-refractivity contribution is 7.19. The van der Waals surface area contributed by atoms with E-state index in [9.17, 15) is 10.1 Å². The molecule has 2 aliphatic rings. The second-order valence-electron chi connectivity index (χ2n) is 9.08. The van der Waals surface area contributed by atoms with Gasteiger partial charge in [0.25, 0.3) is 5.56 Å². The van der Waals surface area contributed by atoms with E-state index in [1.54, 1.807) is 16.8 Å². The summed E-state index contributed by atoms with van der Waals surface area (Å²) in [5.41, 5.74) is 2.87. The lowest BCUT2D eigenvalue weighted by molar-refractivity contribution is 0.317. The average Bonchev–Trinajstić information content (AvgIpc) is 3.46. The van der Waals surface area contributed by atoms with Crippen LogP contribution in [-0.2, 0) is 13.0 Å². The SMILES string of the molecule is CN1CCc2sc3cc(Nc4ncc5cc(C#N)c(=O)n(C6CCCC6)c5n4)ccc3c2C1. The fourth-order valence-electron chi connectivity index (χ4n) is 5.19. The van der Waals surface area contributed by atoms with Gasteiger partial charge in [-0.3, -0.25) is 9.36 Å². The largest absolute Gasteiger partial charge is 0.324 e. The molecule has 33 heavy (non-hydrogen) atoms. The number of pyridine rings is 1. The van der Waals surface area contributed by atoms with Crippen molar-refractivity contribution in [2.45, 2.75) is 44.7 Å². The third kappa shape index (κ3) is 3.48. The van der Waals surface area contributed by atoms with E-state index in [4.69, 9.17) is 4.98 Å². The molecule has 4 aromatic rings. The third-order valence-corrected chi connectivity index (χ3v) is 8.12. The van der Waals surface area contributed by atoms with E-state index in [1.807, 2.05) is 17.4 Å². The van der Waals surface area contributed by atoms with E-state index in [-0.39, 0.29) is 17.2 Å². The highest BCUT2D eigenvalue weighted by atomic mass is 32.1. The molecule has 3 aromatic heterocycles. The Morgan fingerprint density at radius 1 is 1.24 bits per heavy atom. The number of benzene rings is 1. The Morgan fingerprint density at radius 2 is 2.09 bits per heavy atom. The van der Waals surface area contributed by atoms with Crippen LogP contribution in [0.25, 0.3) is 21.1 Å². The molecular formula is C25H24N6OS. The standard InChI is InChI=1S/C25H24N6OS/c1-30-9-8-21-20(14-30)19-7-6-17(11-22(19)33-21)28-25-27-13-16-10-15(12-26)24(32)31(23(16)29-25)18-4-2-3-5-18/h6-7,10-11,13,18H,2-5,8-9,14H2,1H3,(H,27,28,29). The lowest BCUT2D eigenvalue weighted by atomic mass is 10.1. The van der Waals surface area contributed by atoms with Gasteiger partial charge in [0, 0.05) is 46.0 Å². The van der Waals surface area contributed by atoms with E-state index in [1.165, 1.54) is 20.5 Å². The van der Waals surface area contributed by atoms with Crippen LogP contribution in [0.5, 0.6) is 0 Å². The van der Waals surface area contributed by atoms with Gasteiger partial charge in [0.15, 0.2) is 0 Å². The van der Waals surface area contributed by atoms with Crippen molar-refractivity contribution in [1.82, 2.24) is 19.4 Å².